The molecule has 0 saturated carbocycles. The second-order valence-corrected chi connectivity index (χ2v) is 7.49. The third kappa shape index (κ3) is 7.34. The van der Waals surface area contributed by atoms with Crippen molar-refractivity contribution >= 4 is 45.8 Å². The Hall–Kier alpha value is -1.11. The number of rotatable bonds is 6. The molecule has 0 bridgehead atoms. The Morgan fingerprint density at radius 2 is 2.12 bits per heavy atom. The summed E-state index contributed by atoms with van der Waals surface area (Å²) in [5.74, 6) is 0.599. The van der Waals surface area contributed by atoms with Gasteiger partial charge < -0.3 is 16.0 Å². The lowest BCUT2D eigenvalue weighted by molar-refractivity contribution is -0.125. The van der Waals surface area contributed by atoms with Gasteiger partial charge in [-0.05, 0) is 62.4 Å². The quantitative estimate of drug-likeness (QED) is 0.646. The van der Waals surface area contributed by atoms with Gasteiger partial charge in [-0.1, -0.05) is 28.9 Å². The van der Waals surface area contributed by atoms with Crippen LogP contribution in [0.2, 0.25) is 0 Å². The Bertz CT molecular complexity index is 592. The van der Waals surface area contributed by atoms with E-state index in [4.69, 9.17) is 0 Å². The SMILES string of the molecule is Cc1ccc(Br)cc1NC(=O)CNC(=O)CC(C)C1CCCNC1.Cl. The molecule has 2 rings (SSSR count). The smallest absolute Gasteiger partial charge is 0.243 e. The molecule has 1 aromatic carbocycles. The van der Waals surface area contributed by atoms with Crippen molar-refractivity contribution in [3.8, 4) is 0 Å². The minimum Gasteiger partial charge on any atom is -0.347 e. The average molecular weight is 433 g/mol. The third-order valence-electron chi connectivity index (χ3n) is 4.57. The molecule has 1 heterocycles. The molecular weight excluding hydrogens is 406 g/mol. The first-order valence-electron chi connectivity index (χ1n) is 8.49. The molecular formula is C18H27BrClN3O2. The molecule has 1 fully saturated rings. The van der Waals surface area contributed by atoms with E-state index in [9.17, 15) is 9.59 Å². The number of halogens is 2. The van der Waals surface area contributed by atoms with E-state index in [1.54, 1.807) is 0 Å². The van der Waals surface area contributed by atoms with Crippen LogP contribution in [0.4, 0.5) is 5.69 Å². The molecule has 1 saturated heterocycles. The fraction of sp³-hybridized carbons (Fsp3) is 0.556. The lowest BCUT2D eigenvalue weighted by Gasteiger charge is -2.27. The number of nitrogens with one attached hydrogen (secondary N) is 3. The van der Waals surface area contributed by atoms with Crippen LogP contribution in [-0.2, 0) is 9.59 Å². The zero-order valence-corrected chi connectivity index (χ0v) is 17.1. The predicted octanol–water partition coefficient (Wildman–Crippen LogP) is 3.26. The van der Waals surface area contributed by atoms with Crippen molar-refractivity contribution in [1.82, 2.24) is 10.6 Å². The number of carbonyl (C=O) groups is 2. The molecule has 1 aliphatic heterocycles. The molecule has 25 heavy (non-hydrogen) atoms. The molecule has 1 aliphatic rings. The van der Waals surface area contributed by atoms with Crippen LogP contribution in [0.1, 0.15) is 31.7 Å². The maximum absolute atomic E-state index is 12.1. The number of hydrogen-bond acceptors (Lipinski definition) is 3. The zero-order valence-electron chi connectivity index (χ0n) is 14.7. The second-order valence-electron chi connectivity index (χ2n) is 6.57. The summed E-state index contributed by atoms with van der Waals surface area (Å²) in [4.78, 5) is 24.1. The van der Waals surface area contributed by atoms with Gasteiger partial charge >= 0.3 is 0 Å². The number of anilines is 1. The van der Waals surface area contributed by atoms with E-state index in [0.717, 1.165) is 28.8 Å². The molecule has 7 heteroatoms. The Labute approximate surface area is 164 Å². The number of amides is 2. The van der Waals surface area contributed by atoms with Crippen LogP contribution in [-0.4, -0.2) is 31.4 Å². The van der Waals surface area contributed by atoms with Crippen molar-refractivity contribution in [3.05, 3.63) is 28.2 Å². The lowest BCUT2D eigenvalue weighted by Crippen LogP contribution is -2.37. The van der Waals surface area contributed by atoms with Crippen molar-refractivity contribution in [2.75, 3.05) is 25.0 Å². The van der Waals surface area contributed by atoms with Gasteiger partial charge in [-0.3, -0.25) is 9.59 Å². The van der Waals surface area contributed by atoms with Gasteiger partial charge in [0.25, 0.3) is 0 Å². The van der Waals surface area contributed by atoms with Crippen LogP contribution in [0.15, 0.2) is 22.7 Å². The van der Waals surface area contributed by atoms with Gasteiger partial charge in [0, 0.05) is 16.6 Å². The number of benzene rings is 1. The molecule has 140 valence electrons. The summed E-state index contributed by atoms with van der Waals surface area (Å²) in [5.41, 5.74) is 1.74. The van der Waals surface area contributed by atoms with E-state index in [-0.39, 0.29) is 30.8 Å². The summed E-state index contributed by atoms with van der Waals surface area (Å²) in [6, 6.07) is 5.71. The maximum Gasteiger partial charge on any atom is 0.243 e. The topological polar surface area (TPSA) is 70.2 Å². The lowest BCUT2D eigenvalue weighted by atomic mass is 9.85. The molecule has 0 aromatic heterocycles. The van der Waals surface area contributed by atoms with E-state index in [2.05, 4.69) is 38.8 Å². The summed E-state index contributed by atoms with van der Waals surface area (Å²) >= 11 is 3.39. The molecule has 0 radical (unpaired) electrons. The number of hydrogen-bond donors (Lipinski definition) is 3. The summed E-state index contributed by atoms with van der Waals surface area (Å²) in [5, 5.41) is 8.93. The average Bonchev–Trinajstić information content (AvgIpc) is 2.57. The van der Waals surface area contributed by atoms with Gasteiger partial charge in [0.2, 0.25) is 11.8 Å². The number of aryl methyl sites for hydroxylation is 1. The molecule has 2 atom stereocenters. The molecule has 3 N–H and O–H groups in total. The monoisotopic (exact) mass is 431 g/mol. The van der Waals surface area contributed by atoms with E-state index in [1.165, 1.54) is 12.8 Å². The van der Waals surface area contributed by atoms with Crippen LogP contribution in [0.5, 0.6) is 0 Å². The van der Waals surface area contributed by atoms with Gasteiger partial charge in [-0.2, -0.15) is 0 Å². The fourth-order valence-electron chi connectivity index (χ4n) is 3.00. The second kappa shape index (κ2) is 10.8. The van der Waals surface area contributed by atoms with Crippen molar-refractivity contribution in [1.29, 1.82) is 0 Å². The first-order chi connectivity index (χ1) is 11.5. The highest BCUT2D eigenvalue weighted by atomic mass is 79.9. The van der Waals surface area contributed by atoms with Crippen LogP contribution in [0, 0.1) is 18.8 Å². The molecule has 1 aromatic rings. The zero-order chi connectivity index (χ0) is 17.5. The van der Waals surface area contributed by atoms with Gasteiger partial charge in [-0.15, -0.1) is 12.4 Å². The van der Waals surface area contributed by atoms with Gasteiger partial charge in [-0.25, -0.2) is 0 Å². The Morgan fingerprint density at radius 3 is 2.80 bits per heavy atom. The van der Waals surface area contributed by atoms with Crippen LogP contribution >= 0.6 is 28.3 Å². The van der Waals surface area contributed by atoms with E-state index in [0.29, 0.717) is 18.3 Å². The van der Waals surface area contributed by atoms with E-state index in [1.807, 2.05) is 25.1 Å². The Balaban J connectivity index is 0.00000312. The first-order valence-corrected chi connectivity index (χ1v) is 9.28. The fourth-order valence-corrected chi connectivity index (χ4v) is 3.36. The molecule has 2 unspecified atom stereocenters. The van der Waals surface area contributed by atoms with E-state index < -0.39 is 0 Å². The molecule has 0 spiro atoms. The minimum atomic E-state index is -0.212. The Morgan fingerprint density at radius 1 is 1.36 bits per heavy atom. The van der Waals surface area contributed by atoms with Crippen LogP contribution < -0.4 is 16.0 Å². The molecule has 2 amide bonds. The highest BCUT2D eigenvalue weighted by Crippen LogP contribution is 2.22. The molecule has 5 nitrogen and oxygen atoms in total. The summed E-state index contributed by atoms with van der Waals surface area (Å²) < 4.78 is 0.905. The van der Waals surface area contributed by atoms with Crippen molar-refractivity contribution in [3.63, 3.8) is 0 Å². The van der Waals surface area contributed by atoms with Gasteiger partial charge in [0.05, 0.1) is 6.54 Å². The van der Waals surface area contributed by atoms with Crippen LogP contribution in [0.3, 0.4) is 0 Å². The first kappa shape index (κ1) is 21.9. The van der Waals surface area contributed by atoms with Crippen molar-refractivity contribution in [2.24, 2.45) is 11.8 Å². The predicted molar refractivity (Wildman–Crippen MR) is 107 cm³/mol. The number of carbonyl (C=O) groups excluding carboxylic acids is 2. The largest absolute Gasteiger partial charge is 0.347 e. The van der Waals surface area contributed by atoms with Crippen LogP contribution in [0.25, 0.3) is 0 Å². The normalized spacial score (nSPS) is 18.0. The third-order valence-corrected chi connectivity index (χ3v) is 5.06. The van der Waals surface area contributed by atoms with E-state index >= 15 is 0 Å². The van der Waals surface area contributed by atoms with Gasteiger partial charge in [0.1, 0.15) is 0 Å². The Kier molecular flexibility index (Phi) is 9.46. The minimum absolute atomic E-state index is 0. The highest BCUT2D eigenvalue weighted by Gasteiger charge is 2.22. The summed E-state index contributed by atoms with van der Waals surface area (Å²) in [6.45, 7) is 6.10. The van der Waals surface area contributed by atoms with Crippen molar-refractivity contribution in [2.45, 2.75) is 33.1 Å². The standard InChI is InChI=1S/C18H26BrN3O2.ClH/c1-12-5-6-15(19)9-16(12)22-18(24)11-21-17(23)8-13(2)14-4-3-7-20-10-14;/h5-6,9,13-14,20H,3-4,7-8,10-11H2,1-2H3,(H,21,23)(H,22,24);1H. The summed E-state index contributed by atoms with van der Waals surface area (Å²) in [7, 11) is 0. The molecule has 0 aliphatic carbocycles. The number of piperidine rings is 1. The summed E-state index contributed by atoms with van der Waals surface area (Å²) in [6.07, 6.45) is 2.81. The highest BCUT2D eigenvalue weighted by molar-refractivity contribution is 9.10. The maximum atomic E-state index is 12.1. The van der Waals surface area contributed by atoms with Gasteiger partial charge in [0.15, 0.2) is 0 Å². The van der Waals surface area contributed by atoms with Crippen molar-refractivity contribution < 1.29 is 9.59 Å².